The third kappa shape index (κ3) is 3.41. The summed E-state index contributed by atoms with van der Waals surface area (Å²) in [6, 6.07) is 17.9. The molecule has 7 nitrogen and oxygen atoms in total. The Kier molecular flexibility index (Phi) is 5.07. The van der Waals surface area contributed by atoms with E-state index < -0.39 is 23.5 Å². The summed E-state index contributed by atoms with van der Waals surface area (Å²) in [6.45, 7) is 1.72. The Morgan fingerprint density at radius 1 is 1.03 bits per heavy atom. The number of carbonyl (C=O) groups is 2. The molecule has 3 heterocycles. The maximum atomic E-state index is 13.7. The van der Waals surface area contributed by atoms with Crippen molar-refractivity contribution in [3.63, 3.8) is 0 Å². The maximum Gasteiger partial charge on any atom is 0.294 e. The maximum absolute atomic E-state index is 13.7. The number of phenols is 1. The van der Waals surface area contributed by atoms with Gasteiger partial charge in [0.25, 0.3) is 5.91 Å². The number of aliphatic hydroxyl groups is 1. The van der Waals surface area contributed by atoms with E-state index in [4.69, 9.17) is 4.42 Å². The van der Waals surface area contributed by atoms with Crippen LogP contribution in [0, 0.1) is 6.92 Å². The summed E-state index contributed by atoms with van der Waals surface area (Å²) < 4.78 is 5.54. The van der Waals surface area contributed by atoms with Crippen LogP contribution in [0.1, 0.15) is 27.2 Å². The lowest BCUT2D eigenvalue weighted by Crippen LogP contribution is -2.30. The van der Waals surface area contributed by atoms with E-state index in [2.05, 4.69) is 4.98 Å². The Bertz CT molecular complexity index is 1390. The van der Waals surface area contributed by atoms with Gasteiger partial charge in [0.15, 0.2) is 5.76 Å². The van der Waals surface area contributed by atoms with E-state index in [0.29, 0.717) is 15.6 Å². The highest BCUT2D eigenvalue weighted by atomic mass is 32.1. The SMILES string of the molecule is Cc1nc(-c2ccccc2)sc1C(=O)C1=C(O)C(=O)N(c2ccccc2O)C1c1ccco1. The monoisotopic (exact) mass is 458 g/mol. The number of aliphatic hydroxyl groups excluding tert-OH is 1. The number of furan rings is 1. The summed E-state index contributed by atoms with van der Waals surface area (Å²) in [5, 5.41) is 21.9. The minimum Gasteiger partial charge on any atom is -0.506 e. The van der Waals surface area contributed by atoms with Crippen LogP contribution in [0.4, 0.5) is 5.69 Å². The molecule has 2 aromatic carbocycles. The summed E-state index contributed by atoms with van der Waals surface area (Å²) in [5.74, 6) is -1.88. The summed E-state index contributed by atoms with van der Waals surface area (Å²) >= 11 is 1.19. The van der Waals surface area contributed by atoms with E-state index in [-0.39, 0.29) is 22.8 Å². The van der Waals surface area contributed by atoms with Gasteiger partial charge in [-0.05, 0) is 31.2 Å². The molecule has 1 amide bonds. The van der Waals surface area contributed by atoms with Gasteiger partial charge in [-0.1, -0.05) is 42.5 Å². The minimum atomic E-state index is -1.05. The standard InChI is InChI=1S/C25H18N2O5S/c1-14-23(33-24(26-14)15-8-3-2-4-9-15)21(29)19-20(18-12-7-13-32-18)27(25(31)22(19)30)16-10-5-6-11-17(16)28/h2-13,20,28,30H,1H3. The van der Waals surface area contributed by atoms with Crippen molar-refractivity contribution >= 4 is 28.7 Å². The predicted octanol–water partition coefficient (Wildman–Crippen LogP) is 5.20. The lowest BCUT2D eigenvalue weighted by Gasteiger charge is -2.25. The highest BCUT2D eigenvalue weighted by Crippen LogP contribution is 2.45. The quantitative estimate of drug-likeness (QED) is 0.399. The third-order valence-corrected chi connectivity index (χ3v) is 6.64. The van der Waals surface area contributed by atoms with Crippen molar-refractivity contribution in [2.24, 2.45) is 0 Å². The van der Waals surface area contributed by atoms with Crippen molar-refractivity contribution in [2.75, 3.05) is 4.90 Å². The number of Topliss-reactive ketones (excluding diaryl/α,β-unsaturated/α-hetero) is 1. The summed E-state index contributed by atoms with van der Waals surface area (Å²) in [6.07, 6.45) is 1.42. The van der Waals surface area contributed by atoms with Gasteiger partial charge in [-0.15, -0.1) is 11.3 Å². The van der Waals surface area contributed by atoms with E-state index in [9.17, 15) is 19.8 Å². The first-order valence-electron chi connectivity index (χ1n) is 10.1. The minimum absolute atomic E-state index is 0.121. The van der Waals surface area contributed by atoms with Crippen LogP contribution >= 0.6 is 11.3 Å². The van der Waals surface area contributed by atoms with Crippen LogP contribution in [0.15, 0.2) is 88.7 Å². The normalized spacial score (nSPS) is 16.0. The van der Waals surface area contributed by atoms with Gasteiger partial charge in [-0.3, -0.25) is 14.5 Å². The van der Waals surface area contributed by atoms with E-state index in [1.54, 1.807) is 31.2 Å². The molecule has 1 atom stereocenters. The molecule has 0 spiro atoms. The van der Waals surface area contributed by atoms with E-state index in [0.717, 1.165) is 5.56 Å². The number of amides is 1. The molecule has 2 N–H and O–H groups in total. The number of aromatic nitrogens is 1. The van der Waals surface area contributed by atoms with Crippen LogP contribution in [0.2, 0.25) is 0 Å². The zero-order valence-corrected chi connectivity index (χ0v) is 18.2. The fourth-order valence-electron chi connectivity index (χ4n) is 3.90. The van der Waals surface area contributed by atoms with Gasteiger partial charge in [-0.2, -0.15) is 0 Å². The molecule has 0 saturated carbocycles. The number of phenolic OH excluding ortho intramolecular Hbond substituents is 1. The van der Waals surface area contributed by atoms with Gasteiger partial charge < -0.3 is 14.6 Å². The molecule has 4 aromatic rings. The van der Waals surface area contributed by atoms with Crippen molar-refractivity contribution in [3.05, 3.63) is 101 Å². The molecule has 0 aliphatic carbocycles. The van der Waals surface area contributed by atoms with Gasteiger partial charge in [0, 0.05) is 5.56 Å². The number of benzene rings is 2. The summed E-state index contributed by atoms with van der Waals surface area (Å²) in [7, 11) is 0. The average molecular weight is 458 g/mol. The van der Waals surface area contributed by atoms with Crippen molar-refractivity contribution in [2.45, 2.75) is 13.0 Å². The number of carbonyl (C=O) groups excluding carboxylic acids is 2. The number of ketones is 1. The van der Waals surface area contributed by atoms with Gasteiger partial charge in [0.1, 0.15) is 22.6 Å². The van der Waals surface area contributed by atoms with Crippen LogP contribution in [0.5, 0.6) is 5.75 Å². The predicted molar refractivity (Wildman–Crippen MR) is 123 cm³/mol. The van der Waals surface area contributed by atoms with Crippen molar-refractivity contribution < 1.29 is 24.2 Å². The first kappa shape index (κ1) is 20.7. The molecule has 1 aliphatic heterocycles. The second kappa shape index (κ2) is 8.07. The molecule has 1 aliphatic rings. The van der Waals surface area contributed by atoms with Gasteiger partial charge in [0.05, 0.1) is 28.1 Å². The van der Waals surface area contributed by atoms with Crippen molar-refractivity contribution in [3.8, 4) is 16.3 Å². The highest BCUT2D eigenvalue weighted by molar-refractivity contribution is 7.17. The molecule has 33 heavy (non-hydrogen) atoms. The smallest absolute Gasteiger partial charge is 0.294 e. The number of thiazole rings is 1. The number of aryl methyl sites for hydroxylation is 1. The lowest BCUT2D eigenvalue weighted by atomic mass is 9.99. The molecule has 8 heteroatoms. The van der Waals surface area contributed by atoms with Crippen LogP contribution in [0.25, 0.3) is 10.6 Å². The topological polar surface area (TPSA) is 104 Å². The molecule has 0 fully saturated rings. The fourth-order valence-corrected chi connectivity index (χ4v) is 4.93. The highest BCUT2D eigenvalue weighted by Gasteiger charge is 2.47. The van der Waals surface area contributed by atoms with Crippen LogP contribution in [-0.2, 0) is 4.79 Å². The number of hydrogen-bond donors (Lipinski definition) is 2. The zero-order valence-electron chi connectivity index (χ0n) is 17.4. The van der Waals surface area contributed by atoms with Crippen LogP contribution < -0.4 is 4.90 Å². The third-order valence-electron chi connectivity index (χ3n) is 5.43. The molecule has 0 saturated heterocycles. The number of para-hydroxylation sites is 2. The lowest BCUT2D eigenvalue weighted by molar-refractivity contribution is -0.117. The molecule has 0 bridgehead atoms. The van der Waals surface area contributed by atoms with E-state index in [1.165, 1.54) is 34.6 Å². The second-order valence-electron chi connectivity index (χ2n) is 7.47. The molecule has 0 radical (unpaired) electrons. The molecule has 2 aromatic heterocycles. The zero-order chi connectivity index (χ0) is 23.1. The largest absolute Gasteiger partial charge is 0.506 e. The van der Waals surface area contributed by atoms with Crippen LogP contribution in [0.3, 0.4) is 0 Å². The Hall–Kier alpha value is -4.17. The Morgan fingerprint density at radius 3 is 2.45 bits per heavy atom. The molecule has 1 unspecified atom stereocenters. The Labute approximate surface area is 192 Å². The number of rotatable bonds is 5. The summed E-state index contributed by atoms with van der Waals surface area (Å²) in [5.41, 5.74) is 1.40. The van der Waals surface area contributed by atoms with Crippen LogP contribution in [-0.4, -0.2) is 26.9 Å². The number of hydrogen-bond acceptors (Lipinski definition) is 7. The Morgan fingerprint density at radius 2 is 1.76 bits per heavy atom. The molecule has 5 rings (SSSR count). The first-order chi connectivity index (χ1) is 16.0. The Balaban J connectivity index is 1.62. The summed E-state index contributed by atoms with van der Waals surface area (Å²) in [4.78, 5) is 32.8. The molecular weight excluding hydrogens is 440 g/mol. The second-order valence-corrected chi connectivity index (χ2v) is 8.47. The molecular formula is C25H18N2O5S. The van der Waals surface area contributed by atoms with Gasteiger partial charge in [0.2, 0.25) is 5.78 Å². The fraction of sp³-hybridized carbons (Fsp3) is 0.0800. The van der Waals surface area contributed by atoms with Crippen molar-refractivity contribution in [1.29, 1.82) is 0 Å². The number of nitrogens with zero attached hydrogens (tertiary/aromatic N) is 2. The van der Waals surface area contributed by atoms with Gasteiger partial charge >= 0.3 is 0 Å². The van der Waals surface area contributed by atoms with E-state index >= 15 is 0 Å². The van der Waals surface area contributed by atoms with E-state index in [1.807, 2.05) is 30.3 Å². The van der Waals surface area contributed by atoms with Crippen molar-refractivity contribution in [1.82, 2.24) is 4.98 Å². The molecule has 164 valence electrons. The average Bonchev–Trinajstić information content (AvgIpc) is 3.54. The number of anilines is 1. The number of aromatic hydroxyl groups is 1. The van der Waals surface area contributed by atoms with Gasteiger partial charge in [-0.25, -0.2) is 4.98 Å². The first-order valence-corrected chi connectivity index (χ1v) is 10.9.